The van der Waals surface area contributed by atoms with Crippen LogP contribution in [-0.4, -0.2) is 35.8 Å². The molecule has 0 aliphatic rings. The van der Waals surface area contributed by atoms with E-state index in [1.54, 1.807) is 23.5 Å². The molecule has 0 saturated carbocycles. The minimum absolute atomic E-state index is 0.0861. The second-order valence-electron chi connectivity index (χ2n) is 8.21. The minimum Gasteiger partial charge on any atom is -0.494 e. The zero-order chi connectivity index (χ0) is 24.3. The number of aromatic nitrogens is 1. The summed E-state index contributed by atoms with van der Waals surface area (Å²) in [4.78, 5) is 6.09. The van der Waals surface area contributed by atoms with Crippen molar-refractivity contribution in [3.8, 4) is 22.8 Å². The molecule has 0 unspecified atom stereocenters. The van der Waals surface area contributed by atoms with Gasteiger partial charge in [0, 0.05) is 22.5 Å². The number of hydrogen-bond acceptors (Lipinski definition) is 7. The van der Waals surface area contributed by atoms with E-state index in [1.165, 1.54) is 4.88 Å². The Morgan fingerprint density at radius 1 is 1.00 bits per heavy atom. The van der Waals surface area contributed by atoms with E-state index >= 15 is 0 Å². The van der Waals surface area contributed by atoms with E-state index < -0.39 is 0 Å². The predicted molar refractivity (Wildman–Crippen MR) is 140 cm³/mol. The average Bonchev–Trinajstić information content (AvgIpc) is 3.28. The Balaban J connectivity index is 1.38. The number of anilines is 1. The van der Waals surface area contributed by atoms with Gasteiger partial charge in [0.15, 0.2) is 11.0 Å². The highest BCUT2D eigenvalue weighted by molar-refractivity contribution is 7.16. The van der Waals surface area contributed by atoms with Gasteiger partial charge in [0.1, 0.15) is 11.5 Å². The summed E-state index contributed by atoms with van der Waals surface area (Å²) < 4.78 is 11.7. The average molecular weight is 483 g/mol. The summed E-state index contributed by atoms with van der Waals surface area (Å²) in [7, 11) is 0. The number of benzene rings is 2. The van der Waals surface area contributed by atoms with Crippen molar-refractivity contribution in [1.29, 1.82) is 0 Å². The largest absolute Gasteiger partial charge is 0.494 e. The van der Waals surface area contributed by atoms with Crippen LogP contribution in [0.5, 0.6) is 11.5 Å². The Labute approximate surface area is 205 Å². The molecule has 0 aliphatic heterocycles. The molecule has 0 radical (unpaired) electrons. The molecule has 0 atom stereocenters. The summed E-state index contributed by atoms with van der Waals surface area (Å²) in [5.41, 5.74) is 8.39. The van der Waals surface area contributed by atoms with Crippen LogP contribution in [0, 0.1) is 0 Å². The summed E-state index contributed by atoms with van der Waals surface area (Å²) in [6, 6.07) is 15.4. The van der Waals surface area contributed by atoms with Crippen LogP contribution in [-0.2, 0) is 0 Å². The lowest BCUT2D eigenvalue weighted by molar-refractivity contribution is 0.279. The van der Waals surface area contributed by atoms with Crippen molar-refractivity contribution in [2.45, 2.75) is 46.0 Å². The van der Waals surface area contributed by atoms with Gasteiger partial charge in [-0.2, -0.15) is 0 Å². The fourth-order valence-electron chi connectivity index (χ4n) is 3.41. The Kier molecular flexibility index (Phi) is 9.58. The summed E-state index contributed by atoms with van der Waals surface area (Å²) in [5, 5.41) is 16.0. The lowest BCUT2D eigenvalue weighted by atomic mass is 10.1. The van der Waals surface area contributed by atoms with Crippen LogP contribution in [0.15, 0.2) is 53.7 Å². The number of nitrogens with one attached hydrogen (secondary N) is 1. The number of amidine groups is 1. The van der Waals surface area contributed by atoms with Crippen molar-refractivity contribution in [3.05, 3.63) is 59.0 Å². The van der Waals surface area contributed by atoms with Crippen LogP contribution in [0.2, 0.25) is 0 Å². The molecular weight excluding hydrogens is 448 g/mol. The van der Waals surface area contributed by atoms with E-state index in [-0.39, 0.29) is 5.84 Å². The molecule has 0 spiro atoms. The number of rotatable bonds is 13. The van der Waals surface area contributed by atoms with Gasteiger partial charge >= 0.3 is 0 Å². The summed E-state index contributed by atoms with van der Waals surface area (Å²) in [5.74, 6) is 2.16. The summed E-state index contributed by atoms with van der Waals surface area (Å²) in [6.45, 7) is 8.67. The summed E-state index contributed by atoms with van der Waals surface area (Å²) >= 11 is 1.73. The Bertz CT molecular complexity index is 1050. The third kappa shape index (κ3) is 7.12. The van der Waals surface area contributed by atoms with Gasteiger partial charge in [-0.15, -0.1) is 11.3 Å². The van der Waals surface area contributed by atoms with Crippen LogP contribution in [0.25, 0.3) is 11.3 Å². The molecule has 4 N–H and O–H groups in total. The SMILES string of the molecule is CCNc1nc(-c2ccc(OCCCCCOc3ccc(C(N)=NO)cc3)cc2)c(C(C)C)s1. The second kappa shape index (κ2) is 12.8. The first-order chi connectivity index (χ1) is 16.5. The van der Waals surface area contributed by atoms with Crippen molar-refractivity contribution in [1.82, 2.24) is 4.98 Å². The predicted octanol–water partition coefficient (Wildman–Crippen LogP) is 6.09. The monoisotopic (exact) mass is 482 g/mol. The zero-order valence-electron chi connectivity index (χ0n) is 20.1. The molecule has 2 aromatic carbocycles. The molecule has 34 heavy (non-hydrogen) atoms. The van der Waals surface area contributed by atoms with Crippen molar-refractivity contribution in [2.24, 2.45) is 10.9 Å². The van der Waals surface area contributed by atoms with Crippen molar-refractivity contribution in [3.63, 3.8) is 0 Å². The van der Waals surface area contributed by atoms with Gasteiger partial charge in [0.05, 0.1) is 18.9 Å². The fraction of sp³-hybridized carbons (Fsp3) is 0.385. The molecule has 1 aromatic heterocycles. The molecule has 0 saturated heterocycles. The maximum atomic E-state index is 8.70. The molecule has 7 nitrogen and oxygen atoms in total. The number of thiazole rings is 1. The normalized spacial score (nSPS) is 11.6. The van der Waals surface area contributed by atoms with E-state index in [4.69, 9.17) is 25.4 Å². The molecule has 0 fully saturated rings. The lowest BCUT2D eigenvalue weighted by Crippen LogP contribution is -2.12. The van der Waals surface area contributed by atoms with Gasteiger partial charge in [-0.1, -0.05) is 19.0 Å². The first-order valence-corrected chi connectivity index (χ1v) is 12.5. The number of unbranched alkanes of at least 4 members (excludes halogenated alkanes) is 2. The second-order valence-corrected chi connectivity index (χ2v) is 9.24. The van der Waals surface area contributed by atoms with E-state index in [0.29, 0.717) is 24.7 Å². The molecule has 0 amide bonds. The molecular formula is C26H34N4O3S. The third-order valence-electron chi connectivity index (χ3n) is 5.22. The Morgan fingerprint density at radius 2 is 1.59 bits per heavy atom. The van der Waals surface area contributed by atoms with Gasteiger partial charge in [0.25, 0.3) is 0 Å². The molecule has 3 rings (SSSR count). The van der Waals surface area contributed by atoms with Gasteiger partial charge in [-0.25, -0.2) is 4.98 Å². The van der Waals surface area contributed by atoms with Crippen LogP contribution >= 0.6 is 11.3 Å². The van der Waals surface area contributed by atoms with Crippen molar-refractivity contribution >= 4 is 22.3 Å². The highest BCUT2D eigenvalue weighted by atomic mass is 32.1. The van der Waals surface area contributed by atoms with Crippen LogP contribution in [0.4, 0.5) is 5.13 Å². The van der Waals surface area contributed by atoms with Crippen LogP contribution in [0.1, 0.15) is 56.4 Å². The van der Waals surface area contributed by atoms with Crippen molar-refractivity contribution in [2.75, 3.05) is 25.1 Å². The van der Waals surface area contributed by atoms with Gasteiger partial charge in [0.2, 0.25) is 0 Å². The van der Waals surface area contributed by atoms with E-state index in [1.807, 2.05) is 24.3 Å². The highest BCUT2D eigenvalue weighted by Gasteiger charge is 2.15. The lowest BCUT2D eigenvalue weighted by Gasteiger charge is -2.09. The Morgan fingerprint density at radius 3 is 2.12 bits per heavy atom. The zero-order valence-corrected chi connectivity index (χ0v) is 20.9. The molecule has 1 heterocycles. The van der Waals surface area contributed by atoms with Gasteiger partial charge in [-0.3, -0.25) is 0 Å². The van der Waals surface area contributed by atoms with Crippen LogP contribution < -0.4 is 20.5 Å². The van der Waals surface area contributed by atoms with Crippen molar-refractivity contribution < 1.29 is 14.7 Å². The maximum Gasteiger partial charge on any atom is 0.183 e. The fourth-order valence-corrected chi connectivity index (χ4v) is 4.46. The molecule has 0 aliphatic carbocycles. The first kappa shape index (κ1) is 25.4. The summed E-state index contributed by atoms with van der Waals surface area (Å²) in [6.07, 6.45) is 2.92. The Hall–Kier alpha value is -3.26. The van der Waals surface area contributed by atoms with Gasteiger partial charge in [-0.05, 0) is 80.6 Å². The standard InChI is InChI=1S/C26H34N4O3S/c1-4-28-26-29-23(24(34-26)18(2)3)19-8-12-21(13-9-19)32-16-6-5-7-17-33-22-14-10-20(11-15-22)25(27)30-31/h8-15,18,31H,4-7,16-17H2,1-3H3,(H2,27,30)(H,28,29). The molecule has 3 aromatic rings. The maximum absolute atomic E-state index is 8.70. The van der Waals surface area contributed by atoms with E-state index in [9.17, 15) is 0 Å². The molecule has 182 valence electrons. The highest BCUT2D eigenvalue weighted by Crippen LogP contribution is 2.36. The van der Waals surface area contributed by atoms with E-state index in [2.05, 4.69) is 43.4 Å². The van der Waals surface area contributed by atoms with Crippen LogP contribution in [0.3, 0.4) is 0 Å². The minimum atomic E-state index is 0.0861. The third-order valence-corrected chi connectivity index (χ3v) is 6.53. The topological polar surface area (TPSA) is 102 Å². The smallest absolute Gasteiger partial charge is 0.183 e. The van der Waals surface area contributed by atoms with E-state index in [0.717, 1.165) is 53.7 Å². The number of nitrogens with two attached hydrogens (primary N) is 1. The first-order valence-electron chi connectivity index (χ1n) is 11.7. The number of nitrogens with zero attached hydrogens (tertiary/aromatic N) is 2. The molecule has 0 bridgehead atoms. The molecule has 8 heteroatoms. The number of oxime groups is 1. The number of ether oxygens (including phenoxy) is 2. The van der Waals surface area contributed by atoms with Gasteiger partial charge < -0.3 is 25.7 Å². The number of hydrogen-bond donors (Lipinski definition) is 3. The quantitative estimate of drug-likeness (QED) is 0.0896.